The van der Waals surface area contributed by atoms with Crippen LogP contribution < -0.4 is 4.31 Å². The number of hydrogen-bond acceptors (Lipinski definition) is 6. The van der Waals surface area contributed by atoms with Gasteiger partial charge in [0.15, 0.2) is 0 Å². The number of benzene rings is 2. The second kappa shape index (κ2) is 11.6. The fourth-order valence-corrected chi connectivity index (χ4v) is 6.42. The third-order valence-electron chi connectivity index (χ3n) is 7.26. The number of nitrogens with zero attached hydrogens (tertiary/aromatic N) is 5. The highest BCUT2D eigenvalue weighted by Gasteiger charge is 2.33. The van der Waals surface area contributed by atoms with Crippen LogP contribution in [0.1, 0.15) is 37.3 Å². The standard InChI is InChI=1S/C27H32ClF2N5S/c1-2-33-17-23(18-33)34-12-10-24(11-13-34)36-35(22-5-3-4-21(28)14-22)16-19-6-8-20(9-7-19)25-15-26(27(29)30)32-31-25/h3-9,14,23-24,27H,2,10-13,15-18H2,1H3. The van der Waals surface area contributed by atoms with Gasteiger partial charge in [0.25, 0.3) is 6.43 Å². The molecule has 3 aliphatic heterocycles. The molecule has 3 aliphatic rings. The first kappa shape index (κ1) is 25.6. The molecular formula is C27H32ClF2N5S. The number of likely N-dealkylation sites (N-methyl/N-ethyl adjacent to an activating group) is 1. The van der Waals surface area contributed by atoms with Crippen LogP contribution in [0.5, 0.6) is 0 Å². The quantitative estimate of drug-likeness (QED) is 0.373. The van der Waals surface area contributed by atoms with E-state index in [1.54, 1.807) is 0 Å². The molecule has 3 heterocycles. The summed E-state index contributed by atoms with van der Waals surface area (Å²) >= 11 is 8.25. The molecule has 2 saturated heterocycles. The van der Waals surface area contributed by atoms with Crippen LogP contribution in [0.4, 0.5) is 14.5 Å². The lowest BCUT2D eigenvalue weighted by Crippen LogP contribution is -2.60. The van der Waals surface area contributed by atoms with Crippen molar-refractivity contribution in [1.29, 1.82) is 0 Å². The Morgan fingerprint density at radius 3 is 2.47 bits per heavy atom. The van der Waals surface area contributed by atoms with E-state index in [1.807, 2.05) is 42.3 Å². The molecule has 2 aromatic carbocycles. The van der Waals surface area contributed by atoms with Gasteiger partial charge in [-0.2, -0.15) is 10.2 Å². The van der Waals surface area contributed by atoms with Gasteiger partial charge in [-0.15, -0.1) is 0 Å². The molecule has 2 aromatic rings. The van der Waals surface area contributed by atoms with Crippen LogP contribution in [0.3, 0.4) is 0 Å². The van der Waals surface area contributed by atoms with Crippen molar-refractivity contribution in [3.05, 3.63) is 64.7 Å². The van der Waals surface area contributed by atoms with Crippen LogP contribution in [0.25, 0.3) is 0 Å². The first-order chi connectivity index (χ1) is 17.5. The molecule has 0 N–H and O–H groups in total. The average Bonchev–Trinajstić information content (AvgIpc) is 3.35. The summed E-state index contributed by atoms with van der Waals surface area (Å²) in [6, 6.07) is 16.7. The van der Waals surface area contributed by atoms with Crippen molar-refractivity contribution >= 4 is 40.7 Å². The molecule has 0 saturated carbocycles. The van der Waals surface area contributed by atoms with Crippen molar-refractivity contribution in [3.8, 4) is 0 Å². The van der Waals surface area contributed by atoms with E-state index in [0.29, 0.717) is 11.0 Å². The van der Waals surface area contributed by atoms with Gasteiger partial charge in [-0.3, -0.25) is 4.90 Å². The first-order valence-electron chi connectivity index (χ1n) is 12.7. The molecule has 0 unspecified atom stereocenters. The number of hydrogen-bond donors (Lipinski definition) is 0. The zero-order valence-electron chi connectivity index (χ0n) is 20.5. The second-order valence-electron chi connectivity index (χ2n) is 9.68. The predicted octanol–water partition coefficient (Wildman–Crippen LogP) is 5.98. The lowest BCUT2D eigenvalue weighted by molar-refractivity contribution is 0.0279. The van der Waals surface area contributed by atoms with Gasteiger partial charge < -0.3 is 9.21 Å². The summed E-state index contributed by atoms with van der Waals surface area (Å²) < 4.78 is 28.2. The van der Waals surface area contributed by atoms with E-state index in [2.05, 4.69) is 49.4 Å². The summed E-state index contributed by atoms with van der Waals surface area (Å²) in [5.41, 5.74) is 3.50. The summed E-state index contributed by atoms with van der Waals surface area (Å²) in [6.07, 6.45) is -0.0941. The molecular weight excluding hydrogens is 500 g/mol. The minimum absolute atomic E-state index is 0.109. The van der Waals surface area contributed by atoms with Crippen molar-refractivity contribution < 1.29 is 8.78 Å². The zero-order chi connectivity index (χ0) is 25.1. The Hall–Kier alpha value is -2.00. The van der Waals surface area contributed by atoms with Gasteiger partial charge in [-0.25, -0.2) is 8.78 Å². The molecule has 0 spiro atoms. The molecule has 36 heavy (non-hydrogen) atoms. The van der Waals surface area contributed by atoms with Gasteiger partial charge >= 0.3 is 0 Å². The molecule has 9 heteroatoms. The number of alkyl halides is 2. The van der Waals surface area contributed by atoms with E-state index in [9.17, 15) is 8.78 Å². The third-order valence-corrected chi connectivity index (χ3v) is 8.86. The summed E-state index contributed by atoms with van der Waals surface area (Å²) in [6.45, 7) is 8.84. The second-order valence-corrected chi connectivity index (χ2v) is 11.4. The number of halogens is 3. The largest absolute Gasteiger partial charge is 0.312 e. The highest BCUT2D eigenvalue weighted by Crippen LogP contribution is 2.34. The van der Waals surface area contributed by atoms with Crippen LogP contribution in [-0.2, 0) is 6.54 Å². The fourth-order valence-electron chi connectivity index (χ4n) is 4.99. The smallest absolute Gasteiger partial charge is 0.278 e. The Kier molecular flexibility index (Phi) is 8.25. The van der Waals surface area contributed by atoms with Crippen LogP contribution in [0, 0.1) is 0 Å². The number of anilines is 1. The maximum absolute atomic E-state index is 12.9. The fraction of sp³-hybridized carbons (Fsp3) is 0.481. The number of piperidine rings is 1. The molecule has 0 aliphatic carbocycles. The molecule has 2 fully saturated rings. The topological polar surface area (TPSA) is 34.4 Å². The van der Waals surface area contributed by atoms with Gasteiger partial charge in [0.1, 0.15) is 5.71 Å². The lowest BCUT2D eigenvalue weighted by Gasteiger charge is -2.47. The molecule has 0 radical (unpaired) electrons. The molecule has 0 atom stereocenters. The van der Waals surface area contributed by atoms with Gasteiger partial charge in [-0.05, 0) is 73.7 Å². The maximum Gasteiger partial charge on any atom is 0.278 e. The van der Waals surface area contributed by atoms with E-state index in [-0.39, 0.29) is 12.1 Å². The molecule has 0 aromatic heterocycles. The van der Waals surface area contributed by atoms with Gasteiger partial charge in [0.05, 0.1) is 12.3 Å². The summed E-state index contributed by atoms with van der Waals surface area (Å²) in [4.78, 5) is 5.17. The van der Waals surface area contributed by atoms with Crippen LogP contribution in [0.15, 0.2) is 58.7 Å². The Morgan fingerprint density at radius 1 is 1.08 bits per heavy atom. The van der Waals surface area contributed by atoms with Gasteiger partial charge in [-0.1, -0.05) is 48.9 Å². The SMILES string of the molecule is CCN1CC(N2CCC(SN(Cc3ccc(C4=NN=C(C(F)F)C4)cc3)c3cccc(Cl)c3)CC2)C1. The van der Waals surface area contributed by atoms with Crippen molar-refractivity contribution in [1.82, 2.24) is 9.80 Å². The third kappa shape index (κ3) is 6.10. The highest BCUT2D eigenvalue weighted by molar-refractivity contribution is 8.01. The minimum atomic E-state index is -2.56. The lowest BCUT2D eigenvalue weighted by atomic mass is 10.0. The monoisotopic (exact) mass is 531 g/mol. The Morgan fingerprint density at radius 2 is 1.83 bits per heavy atom. The van der Waals surface area contributed by atoms with E-state index >= 15 is 0 Å². The van der Waals surface area contributed by atoms with Crippen molar-refractivity contribution in [3.63, 3.8) is 0 Å². The summed E-state index contributed by atoms with van der Waals surface area (Å²) in [7, 11) is 0. The summed E-state index contributed by atoms with van der Waals surface area (Å²) in [5.74, 6) is 0. The van der Waals surface area contributed by atoms with Gasteiger partial charge in [0, 0.05) is 41.5 Å². The highest BCUT2D eigenvalue weighted by atomic mass is 35.5. The Labute approximate surface area is 221 Å². The Bertz CT molecular complexity index is 1100. The Balaban J connectivity index is 1.22. The normalized spacial score (nSPS) is 19.9. The van der Waals surface area contributed by atoms with E-state index in [0.717, 1.165) is 54.1 Å². The molecule has 0 amide bonds. The maximum atomic E-state index is 12.9. The van der Waals surface area contributed by atoms with Crippen LogP contribution in [-0.4, -0.2) is 71.7 Å². The molecule has 192 valence electrons. The average molecular weight is 532 g/mol. The van der Waals surface area contributed by atoms with Gasteiger partial charge in [0.2, 0.25) is 0 Å². The molecule has 0 bridgehead atoms. The minimum Gasteiger partial charge on any atom is -0.312 e. The van der Waals surface area contributed by atoms with E-state index in [1.165, 1.54) is 25.9 Å². The predicted molar refractivity (Wildman–Crippen MR) is 147 cm³/mol. The van der Waals surface area contributed by atoms with E-state index in [4.69, 9.17) is 11.6 Å². The van der Waals surface area contributed by atoms with Crippen LogP contribution >= 0.6 is 23.5 Å². The molecule has 5 rings (SSSR count). The number of rotatable bonds is 9. The zero-order valence-corrected chi connectivity index (χ0v) is 22.1. The first-order valence-corrected chi connectivity index (χ1v) is 13.9. The number of likely N-dealkylation sites (tertiary alicyclic amines) is 2. The van der Waals surface area contributed by atoms with Crippen molar-refractivity contribution in [2.45, 2.75) is 50.4 Å². The summed E-state index contributed by atoms with van der Waals surface area (Å²) in [5, 5.41) is 8.88. The molecule has 5 nitrogen and oxygen atoms in total. The van der Waals surface area contributed by atoms with Crippen LogP contribution in [0.2, 0.25) is 5.02 Å². The van der Waals surface area contributed by atoms with Crippen molar-refractivity contribution in [2.75, 3.05) is 37.0 Å². The van der Waals surface area contributed by atoms with Crippen molar-refractivity contribution in [2.24, 2.45) is 10.2 Å². The van der Waals surface area contributed by atoms with E-state index < -0.39 is 6.43 Å².